The third-order valence-electron chi connectivity index (χ3n) is 3.43. The summed E-state index contributed by atoms with van der Waals surface area (Å²) in [4.78, 5) is 24.6. The molecule has 1 saturated carbocycles. The minimum Gasteiger partial charge on any atom is -0.465 e. The zero-order valence-electron chi connectivity index (χ0n) is 11.8. The van der Waals surface area contributed by atoms with Crippen molar-refractivity contribution in [2.24, 2.45) is 0 Å². The van der Waals surface area contributed by atoms with E-state index < -0.39 is 5.97 Å². The molecule has 2 amide bonds. The Balaban J connectivity index is 1.98. The number of carbonyl (C=O) groups excluding carboxylic acids is 2. The second-order valence-electron chi connectivity index (χ2n) is 5.02. The van der Waals surface area contributed by atoms with Crippen LogP contribution >= 0.6 is 11.3 Å². The molecule has 1 aliphatic carbocycles. The lowest BCUT2D eigenvalue weighted by atomic mass is 9.96. The van der Waals surface area contributed by atoms with Gasteiger partial charge in [-0.2, -0.15) is 0 Å². The zero-order chi connectivity index (χ0) is 14.5. The molecule has 1 fully saturated rings. The molecular formula is C14H20N2O3S. The number of esters is 1. The van der Waals surface area contributed by atoms with Crippen LogP contribution in [0.1, 0.15) is 47.3 Å². The van der Waals surface area contributed by atoms with Gasteiger partial charge < -0.3 is 10.1 Å². The Bertz CT molecular complexity index is 493. The molecular weight excluding hydrogens is 276 g/mol. The summed E-state index contributed by atoms with van der Waals surface area (Å²) in [6.45, 7) is 1.89. The number of aryl methyl sites for hydroxylation is 1. The van der Waals surface area contributed by atoms with E-state index in [-0.39, 0.29) is 12.1 Å². The summed E-state index contributed by atoms with van der Waals surface area (Å²) in [5.41, 5.74) is 0.411. The molecule has 0 spiro atoms. The monoisotopic (exact) mass is 296 g/mol. The van der Waals surface area contributed by atoms with E-state index in [1.165, 1.54) is 24.9 Å². The molecule has 0 aliphatic heterocycles. The van der Waals surface area contributed by atoms with Gasteiger partial charge in [0, 0.05) is 10.9 Å². The molecule has 1 aliphatic rings. The number of nitrogens with one attached hydrogen (secondary N) is 2. The molecule has 2 N–H and O–H groups in total. The summed E-state index contributed by atoms with van der Waals surface area (Å²) in [6, 6.07) is 1.72. The van der Waals surface area contributed by atoms with E-state index in [0.717, 1.165) is 30.6 Å². The summed E-state index contributed by atoms with van der Waals surface area (Å²) in [5.74, 6) is -0.428. The molecule has 0 bridgehead atoms. The van der Waals surface area contributed by atoms with Gasteiger partial charge in [-0.25, -0.2) is 9.59 Å². The molecule has 6 heteroatoms. The van der Waals surface area contributed by atoms with Gasteiger partial charge in [-0.05, 0) is 25.8 Å². The Morgan fingerprint density at radius 1 is 1.30 bits per heavy atom. The first-order valence-corrected chi connectivity index (χ1v) is 7.68. The number of urea groups is 1. The Hall–Kier alpha value is -1.56. The van der Waals surface area contributed by atoms with Crippen LogP contribution in [0.3, 0.4) is 0 Å². The predicted octanol–water partition coefficient (Wildman–Crippen LogP) is 3.30. The van der Waals surface area contributed by atoms with Gasteiger partial charge >= 0.3 is 12.0 Å². The van der Waals surface area contributed by atoms with Gasteiger partial charge in [0.25, 0.3) is 0 Å². The van der Waals surface area contributed by atoms with E-state index in [2.05, 4.69) is 10.6 Å². The topological polar surface area (TPSA) is 67.4 Å². The SMILES string of the molecule is COC(=O)c1cc(C)sc1NC(=O)NC1CCCCC1. The van der Waals surface area contributed by atoms with Gasteiger partial charge in [-0.1, -0.05) is 19.3 Å². The highest BCUT2D eigenvalue weighted by atomic mass is 32.1. The zero-order valence-corrected chi connectivity index (χ0v) is 12.6. The van der Waals surface area contributed by atoms with Gasteiger partial charge in [0.2, 0.25) is 0 Å². The molecule has 110 valence electrons. The van der Waals surface area contributed by atoms with E-state index >= 15 is 0 Å². The third kappa shape index (κ3) is 3.72. The van der Waals surface area contributed by atoms with Crippen molar-refractivity contribution in [3.8, 4) is 0 Å². The van der Waals surface area contributed by atoms with Gasteiger partial charge in [0.1, 0.15) is 5.00 Å². The highest BCUT2D eigenvalue weighted by Gasteiger charge is 2.19. The normalized spacial score (nSPS) is 15.7. The van der Waals surface area contributed by atoms with Gasteiger partial charge in [-0.15, -0.1) is 11.3 Å². The number of anilines is 1. The Morgan fingerprint density at radius 2 is 2.00 bits per heavy atom. The first-order chi connectivity index (χ1) is 9.60. The Kier molecular flexibility index (Phi) is 5.00. The van der Waals surface area contributed by atoms with Crippen LogP contribution in [0.4, 0.5) is 9.80 Å². The molecule has 5 nitrogen and oxygen atoms in total. The van der Waals surface area contributed by atoms with Crippen LogP contribution in [0.5, 0.6) is 0 Å². The maximum atomic E-state index is 12.0. The first kappa shape index (κ1) is 14.8. The average molecular weight is 296 g/mol. The minimum atomic E-state index is -0.428. The fourth-order valence-corrected chi connectivity index (χ4v) is 3.33. The van der Waals surface area contributed by atoms with Crippen LogP contribution in [0.2, 0.25) is 0 Å². The summed E-state index contributed by atoms with van der Waals surface area (Å²) < 4.78 is 4.72. The van der Waals surface area contributed by atoms with Crippen molar-refractivity contribution in [2.45, 2.75) is 45.1 Å². The number of ether oxygens (including phenoxy) is 1. The van der Waals surface area contributed by atoms with E-state index in [1.54, 1.807) is 6.07 Å². The van der Waals surface area contributed by atoms with E-state index in [1.807, 2.05) is 6.92 Å². The first-order valence-electron chi connectivity index (χ1n) is 6.86. The number of thiophene rings is 1. The largest absolute Gasteiger partial charge is 0.465 e. The van der Waals surface area contributed by atoms with Gasteiger partial charge in [0.15, 0.2) is 0 Å². The molecule has 2 rings (SSSR count). The summed E-state index contributed by atoms with van der Waals surface area (Å²) in [5, 5.41) is 6.27. The molecule has 0 atom stereocenters. The molecule has 0 saturated heterocycles. The molecule has 0 aromatic carbocycles. The number of hydrogen-bond donors (Lipinski definition) is 2. The van der Waals surface area contributed by atoms with Crippen molar-refractivity contribution in [3.05, 3.63) is 16.5 Å². The Labute approximate surface area is 122 Å². The molecule has 1 aromatic rings. The quantitative estimate of drug-likeness (QED) is 0.841. The third-order valence-corrected chi connectivity index (χ3v) is 4.39. The van der Waals surface area contributed by atoms with Crippen LogP contribution in [-0.4, -0.2) is 25.2 Å². The second kappa shape index (κ2) is 6.74. The second-order valence-corrected chi connectivity index (χ2v) is 6.28. The van der Waals surface area contributed by atoms with Gasteiger partial charge in [-0.3, -0.25) is 5.32 Å². The van der Waals surface area contributed by atoms with Crippen molar-refractivity contribution in [1.82, 2.24) is 5.32 Å². The Morgan fingerprint density at radius 3 is 2.65 bits per heavy atom. The van der Waals surface area contributed by atoms with Crippen molar-refractivity contribution in [3.63, 3.8) is 0 Å². The number of amides is 2. The molecule has 20 heavy (non-hydrogen) atoms. The summed E-state index contributed by atoms with van der Waals surface area (Å²) in [7, 11) is 1.33. The lowest BCUT2D eigenvalue weighted by Crippen LogP contribution is -2.39. The number of hydrogen-bond acceptors (Lipinski definition) is 4. The molecule has 1 heterocycles. The molecule has 0 radical (unpaired) electrons. The average Bonchev–Trinajstić information content (AvgIpc) is 2.79. The van der Waals surface area contributed by atoms with Crippen molar-refractivity contribution in [1.29, 1.82) is 0 Å². The van der Waals surface area contributed by atoms with Crippen LogP contribution in [0.25, 0.3) is 0 Å². The fraction of sp³-hybridized carbons (Fsp3) is 0.571. The lowest BCUT2D eigenvalue weighted by molar-refractivity contribution is 0.0602. The highest BCUT2D eigenvalue weighted by Crippen LogP contribution is 2.28. The maximum absolute atomic E-state index is 12.0. The number of methoxy groups -OCH3 is 1. The predicted molar refractivity (Wildman–Crippen MR) is 79.4 cm³/mol. The van der Waals surface area contributed by atoms with Crippen molar-refractivity contribution in [2.75, 3.05) is 12.4 Å². The minimum absolute atomic E-state index is 0.242. The van der Waals surface area contributed by atoms with Crippen molar-refractivity contribution >= 4 is 28.3 Å². The summed E-state index contributed by atoms with van der Waals surface area (Å²) in [6.07, 6.45) is 5.63. The highest BCUT2D eigenvalue weighted by molar-refractivity contribution is 7.16. The smallest absolute Gasteiger partial charge is 0.340 e. The number of rotatable bonds is 3. The maximum Gasteiger partial charge on any atom is 0.340 e. The fourth-order valence-electron chi connectivity index (χ4n) is 2.44. The molecule has 0 unspecified atom stereocenters. The van der Waals surface area contributed by atoms with Gasteiger partial charge in [0.05, 0.1) is 12.7 Å². The van der Waals surface area contributed by atoms with E-state index in [9.17, 15) is 9.59 Å². The standard InChI is InChI=1S/C14H20N2O3S/c1-9-8-11(13(17)19-2)12(20-9)16-14(18)15-10-6-4-3-5-7-10/h8,10H,3-7H2,1-2H3,(H2,15,16,18). The van der Waals surface area contributed by atoms with E-state index in [4.69, 9.17) is 4.74 Å². The van der Waals surface area contributed by atoms with E-state index in [0.29, 0.717) is 10.6 Å². The lowest BCUT2D eigenvalue weighted by Gasteiger charge is -2.22. The van der Waals surface area contributed by atoms with Crippen molar-refractivity contribution < 1.29 is 14.3 Å². The van der Waals surface area contributed by atoms with Crippen LogP contribution in [0.15, 0.2) is 6.07 Å². The number of carbonyl (C=O) groups is 2. The van der Waals surface area contributed by atoms with Crippen LogP contribution in [0, 0.1) is 6.92 Å². The summed E-state index contributed by atoms with van der Waals surface area (Å²) >= 11 is 1.38. The van der Waals surface area contributed by atoms with Crippen LogP contribution < -0.4 is 10.6 Å². The molecule has 1 aromatic heterocycles. The van der Waals surface area contributed by atoms with Crippen LogP contribution in [-0.2, 0) is 4.74 Å².